The van der Waals surface area contributed by atoms with E-state index >= 15 is 0 Å². The molecule has 2 rings (SSSR count). The summed E-state index contributed by atoms with van der Waals surface area (Å²) < 4.78 is 5.20. The third-order valence-electron chi connectivity index (χ3n) is 3.16. The molecule has 2 fully saturated rings. The van der Waals surface area contributed by atoms with Crippen LogP contribution in [0.3, 0.4) is 0 Å². The highest BCUT2D eigenvalue weighted by Crippen LogP contribution is 2.31. The lowest BCUT2D eigenvalue weighted by Gasteiger charge is -2.41. The maximum absolute atomic E-state index is 12.0. The molecular formula is C9H16N2O3. The van der Waals surface area contributed by atoms with Gasteiger partial charge in [0.25, 0.3) is 0 Å². The number of rotatable bonds is 1. The summed E-state index contributed by atoms with van der Waals surface area (Å²) in [4.78, 5) is 13.6. The molecular weight excluding hydrogens is 184 g/mol. The first-order valence-corrected chi connectivity index (χ1v) is 4.85. The molecule has 0 aliphatic carbocycles. The number of aliphatic hydroxyl groups excluding tert-OH is 1. The summed E-state index contributed by atoms with van der Waals surface area (Å²) in [5, 5.41) is 9.10. The number of carbonyl (C=O) groups excluding carboxylic acids is 1. The molecule has 0 aromatic carbocycles. The normalized spacial score (nSPS) is 38.5. The van der Waals surface area contributed by atoms with E-state index in [1.54, 1.807) is 4.90 Å². The van der Waals surface area contributed by atoms with Crippen LogP contribution in [0.5, 0.6) is 0 Å². The molecule has 0 radical (unpaired) electrons. The molecule has 2 atom stereocenters. The molecule has 2 aliphatic rings. The zero-order valence-electron chi connectivity index (χ0n) is 8.27. The molecule has 0 aromatic rings. The number of aliphatic hydroxyl groups is 1. The van der Waals surface area contributed by atoms with Crippen molar-refractivity contribution in [3.8, 4) is 0 Å². The van der Waals surface area contributed by atoms with Gasteiger partial charge in [0.05, 0.1) is 24.7 Å². The van der Waals surface area contributed by atoms with E-state index < -0.39 is 5.41 Å². The Morgan fingerprint density at radius 2 is 2.29 bits per heavy atom. The second-order valence-corrected chi connectivity index (χ2v) is 4.40. The Labute approximate surface area is 82.8 Å². The number of ether oxygens (including phenoxy) is 1. The fourth-order valence-corrected chi connectivity index (χ4v) is 1.89. The largest absolute Gasteiger partial charge is 0.389 e. The summed E-state index contributed by atoms with van der Waals surface area (Å²) in [5.74, 6) is 0.00722. The van der Waals surface area contributed by atoms with E-state index in [-0.39, 0.29) is 18.1 Å². The minimum atomic E-state index is -0.597. The second-order valence-electron chi connectivity index (χ2n) is 4.40. The van der Waals surface area contributed by atoms with E-state index in [1.807, 2.05) is 6.92 Å². The maximum Gasteiger partial charge on any atom is 0.232 e. The smallest absolute Gasteiger partial charge is 0.232 e. The number of nitrogens with two attached hydrogens (primary N) is 1. The van der Waals surface area contributed by atoms with E-state index in [1.165, 1.54) is 0 Å². The number of β-amino-alcohol motifs (C(OH)–C–C–N with tert-alkyl or cyclic N) is 1. The summed E-state index contributed by atoms with van der Waals surface area (Å²) >= 11 is 0. The van der Waals surface area contributed by atoms with Crippen molar-refractivity contribution in [3.63, 3.8) is 0 Å². The molecule has 5 nitrogen and oxygen atoms in total. The molecule has 14 heavy (non-hydrogen) atoms. The SMILES string of the molecule is CC1(C(=O)N2CC(O)C2)COCC1N. The number of hydrogen-bond acceptors (Lipinski definition) is 4. The highest BCUT2D eigenvalue weighted by molar-refractivity contribution is 5.84. The highest BCUT2D eigenvalue weighted by atomic mass is 16.5. The second kappa shape index (κ2) is 3.18. The molecule has 2 heterocycles. The molecule has 0 spiro atoms. The zero-order valence-corrected chi connectivity index (χ0v) is 8.27. The molecule has 1 amide bonds. The number of nitrogens with zero attached hydrogens (tertiary/aromatic N) is 1. The minimum absolute atomic E-state index is 0.00722. The van der Waals surface area contributed by atoms with Crippen molar-refractivity contribution < 1.29 is 14.6 Å². The van der Waals surface area contributed by atoms with E-state index in [2.05, 4.69) is 0 Å². The standard InChI is InChI=1S/C9H16N2O3/c1-9(5-14-4-7(9)10)8(13)11-2-6(12)3-11/h6-7,12H,2-5,10H2,1H3. The van der Waals surface area contributed by atoms with Gasteiger partial charge in [0, 0.05) is 19.1 Å². The van der Waals surface area contributed by atoms with Gasteiger partial charge in [-0.3, -0.25) is 4.79 Å². The summed E-state index contributed by atoms with van der Waals surface area (Å²) in [6, 6.07) is -0.229. The van der Waals surface area contributed by atoms with Gasteiger partial charge in [-0.15, -0.1) is 0 Å². The van der Waals surface area contributed by atoms with Crippen LogP contribution in [0.2, 0.25) is 0 Å². The highest BCUT2D eigenvalue weighted by Gasteiger charge is 2.48. The van der Waals surface area contributed by atoms with Crippen molar-refractivity contribution in [2.24, 2.45) is 11.1 Å². The molecule has 0 saturated carbocycles. The van der Waals surface area contributed by atoms with Crippen molar-refractivity contribution >= 4 is 5.91 Å². The monoisotopic (exact) mass is 200 g/mol. The molecule has 0 bridgehead atoms. The van der Waals surface area contributed by atoms with Crippen LogP contribution in [0.1, 0.15) is 6.92 Å². The van der Waals surface area contributed by atoms with E-state index in [4.69, 9.17) is 15.6 Å². The van der Waals surface area contributed by atoms with Gasteiger partial charge in [0.1, 0.15) is 0 Å². The van der Waals surface area contributed by atoms with Crippen molar-refractivity contribution in [2.45, 2.75) is 19.1 Å². The van der Waals surface area contributed by atoms with Gasteiger partial charge in [0.15, 0.2) is 0 Å². The van der Waals surface area contributed by atoms with Crippen LogP contribution in [0.4, 0.5) is 0 Å². The lowest BCUT2D eigenvalue weighted by atomic mass is 9.83. The van der Waals surface area contributed by atoms with Crippen molar-refractivity contribution in [1.29, 1.82) is 0 Å². The van der Waals surface area contributed by atoms with E-state index in [0.717, 1.165) is 0 Å². The van der Waals surface area contributed by atoms with Crippen LogP contribution in [0.15, 0.2) is 0 Å². The molecule has 80 valence electrons. The molecule has 2 aliphatic heterocycles. The fourth-order valence-electron chi connectivity index (χ4n) is 1.89. The minimum Gasteiger partial charge on any atom is -0.389 e. The maximum atomic E-state index is 12.0. The van der Waals surface area contributed by atoms with Gasteiger partial charge in [-0.1, -0.05) is 0 Å². The molecule has 2 unspecified atom stereocenters. The van der Waals surface area contributed by atoms with Gasteiger partial charge in [-0.25, -0.2) is 0 Å². The Hall–Kier alpha value is -0.650. The Balaban J connectivity index is 2.03. The Kier molecular flexibility index (Phi) is 2.25. The summed E-state index contributed by atoms with van der Waals surface area (Å²) in [7, 11) is 0. The van der Waals surface area contributed by atoms with Crippen molar-refractivity contribution in [1.82, 2.24) is 4.90 Å². The van der Waals surface area contributed by atoms with E-state index in [9.17, 15) is 4.79 Å². The van der Waals surface area contributed by atoms with Crippen LogP contribution in [0.25, 0.3) is 0 Å². The lowest BCUT2D eigenvalue weighted by molar-refractivity contribution is -0.152. The average molecular weight is 200 g/mol. The predicted molar refractivity (Wildman–Crippen MR) is 49.5 cm³/mol. The van der Waals surface area contributed by atoms with Crippen LogP contribution in [-0.4, -0.2) is 54.4 Å². The number of likely N-dealkylation sites (tertiary alicyclic amines) is 1. The van der Waals surface area contributed by atoms with Crippen LogP contribution >= 0.6 is 0 Å². The van der Waals surface area contributed by atoms with Crippen molar-refractivity contribution in [3.05, 3.63) is 0 Å². The van der Waals surface area contributed by atoms with Gasteiger partial charge in [0.2, 0.25) is 5.91 Å². The fraction of sp³-hybridized carbons (Fsp3) is 0.889. The topological polar surface area (TPSA) is 75.8 Å². The Morgan fingerprint density at radius 1 is 1.64 bits per heavy atom. The Bertz CT molecular complexity index is 252. The summed E-state index contributed by atoms with van der Waals surface area (Å²) in [5.41, 5.74) is 5.23. The first kappa shape index (κ1) is 9.89. The first-order valence-electron chi connectivity index (χ1n) is 4.85. The van der Waals surface area contributed by atoms with Crippen LogP contribution in [0, 0.1) is 5.41 Å². The zero-order chi connectivity index (χ0) is 10.3. The lowest BCUT2D eigenvalue weighted by Crippen LogP contribution is -2.60. The number of amides is 1. The molecule has 3 N–H and O–H groups in total. The Morgan fingerprint density at radius 3 is 2.71 bits per heavy atom. The van der Waals surface area contributed by atoms with Crippen LogP contribution < -0.4 is 5.73 Å². The molecule has 0 aromatic heterocycles. The van der Waals surface area contributed by atoms with Gasteiger partial charge in [-0.2, -0.15) is 0 Å². The summed E-state index contributed by atoms with van der Waals surface area (Å²) in [6.45, 7) is 3.53. The van der Waals surface area contributed by atoms with Crippen molar-refractivity contribution in [2.75, 3.05) is 26.3 Å². The number of carbonyl (C=O) groups is 1. The third-order valence-corrected chi connectivity index (χ3v) is 3.16. The third kappa shape index (κ3) is 1.32. The van der Waals surface area contributed by atoms with Gasteiger partial charge in [-0.05, 0) is 6.92 Å². The summed E-state index contributed by atoms with van der Waals surface area (Å²) in [6.07, 6.45) is -0.360. The quantitative estimate of drug-likeness (QED) is 0.543. The number of hydrogen-bond donors (Lipinski definition) is 2. The first-order chi connectivity index (χ1) is 6.54. The molecule has 2 saturated heterocycles. The predicted octanol–water partition coefficient (Wildman–Crippen LogP) is -1.45. The average Bonchev–Trinajstić information content (AvgIpc) is 2.42. The van der Waals surface area contributed by atoms with E-state index in [0.29, 0.717) is 26.3 Å². The molecule has 5 heteroatoms. The van der Waals surface area contributed by atoms with Gasteiger partial charge >= 0.3 is 0 Å². The van der Waals surface area contributed by atoms with Gasteiger partial charge < -0.3 is 20.5 Å². The van der Waals surface area contributed by atoms with Crippen LogP contribution in [-0.2, 0) is 9.53 Å².